The van der Waals surface area contributed by atoms with Crippen molar-refractivity contribution >= 4 is 11.9 Å². The molecular weight excluding hydrogens is 346 g/mol. The highest BCUT2D eigenvalue weighted by Crippen LogP contribution is 2.44. The minimum Gasteiger partial charge on any atom is -0.496 e. The molecule has 1 aromatic heterocycles. The number of rotatable bonds is 7. The van der Waals surface area contributed by atoms with Crippen molar-refractivity contribution in [1.29, 1.82) is 0 Å². The number of benzene rings is 1. The topological polar surface area (TPSA) is 88.8 Å². The van der Waals surface area contributed by atoms with Crippen molar-refractivity contribution in [2.24, 2.45) is 0 Å². The van der Waals surface area contributed by atoms with Gasteiger partial charge in [0.15, 0.2) is 0 Å². The highest BCUT2D eigenvalue weighted by Gasteiger charge is 2.38. The van der Waals surface area contributed by atoms with E-state index in [1.165, 1.54) is 6.26 Å². The summed E-state index contributed by atoms with van der Waals surface area (Å²) in [5, 5.41) is 12.1. The van der Waals surface area contributed by atoms with Crippen molar-refractivity contribution in [1.82, 2.24) is 5.32 Å². The number of aliphatic carboxylic acids is 1. The highest BCUT2D eigenvalue weighted by atomic mass is 16.5. The van der Waals surface area contributed by atoms with Crippen LogP contribution in [0.4, 0.5) is 0 Å². The van der Waals surface area contributed by atoms with Gasteiger partial charge in [0, 0.05) is 23.1 Å². The number of carboxylic acids is 1. The van der Waals surface area contributed by atoms with Gasteiger partial charge < -0.3 is 19.6 Å². The van der Waals surface area contributed by atoms with Crippen LogP contribution in [-0.2, 0) is 16.6 Å². The zero-order valence-corrected chi connectivity index (χ0v) is 15.7. The molecule has 1 fully saturated rings. The predicted molar refractivity (Wildman–Crippen MR) is 100 cm³/mol. The second-order valence-electron chi connectivity index (χ2n) is 7.16. The average Bonchev–Trinajstić information content (AvgIpc) is 3.27. The van der Waals surface area contributed by atoms with Crippen LogP contribution in [0.2, 0.25) is 0 Å². The monoisotopic (exact) mass is 371 g/mol. The molecule has 6 nitrogen and oxygen atoms in total. The molecule has 1 heterocycles. The van der Waals surface area contributed by atoms with Gasteiger partial charge in [0.2, 0.25) is 0 Å². The number of aryl methyl sites for hydroxylation is 1. The van der Waals surface area contributed by atoms with Crippen molar-refractivity contribution in [3.63, 3.8) is 0 Å². The van der Waals surface area contributed by atoms with E-state index in [-0.39, 0.29) is 23.5 Å². The lowest BCUT2D eigenvalue weighted by Crippen LogP contribution is -2.39. The summed E-state index contributed by atoms with van der Waals surface area (Å²) in [6.45, 7) is 2.22. The molecular formula is C21H25NO5. The summed E-state index contributed by atoms with van der Waals surface area (Å²) in [5.74, 6) is -0.298. The van der Waals surface area contributed by atoms with E-state index in [2.05, 4.69) is 11.4 Å². The number of methoxy groups -OCH3 is 1. The molecule has 1 amide bonds. The number of ether oxygens (including phenoxy) is 1. The van der Waals surface area contributed by atoms with Gasteiger partial charge >= 0.3 is 5.97 Å². The SMILES string of the molecule is COc1ccccc1C1(CNC(=O)c2c(C)coc2CC(=O)O)CCCC1. The Kier molecular flexibility index (Phi) is 5.54. The third-order valence-corrected chi connectivity index (χ3v) is 5.42. The summed E-state index contributed by atoms with van der Waals surface area (Å²) >= 11 is 0. The third kappa shape index (κ3) is 3.84. The summed E-state index contributed by atoms with van der Waals surface area (Å²) in [6.07, 6.45) is 5.26. The van der Waals surface area contributed by atoms with Gasteiger partial charge in [-0.2, -0.15) is 0 Å². The summed E-state index contributed by atoms with van der Waals surface area (Å²) in [6, 6.07) is 7.94. The number of carboxylic acid groups (broad SMARTS) is 1. The van der Waals surface area contributed by atoms with Gasteiger partial charge in [-0.1, -0.05) is 31.0 Å². The van der Waals surface area contributed by atoms with Gasteiger partial charge in [-0.15, -0.1) is 0 Å². The van der Waals surface area contributed by atoms with E-state index in [1.807, 2.05) is 18.2 Å². The second kappa shape index (κ2) is 7.86. The Balaban J connectivity index is 1.83. The van der Waals surface area contributed by atoms with Gasteiger partial charge in [-0.25, -0.2) is 0 Å². The van der Waals surface area contributed by atoms with Crippen LogP contribution in [0.5, 0.6) is 5.75 Å². The normalized spacial score (nSPS) is 15.5. The zero-order valence-electron chi connectivity index (χ0n) is 15.7. The Morgan fingerprint density at radius 3 is 2.63 bits per heavy atom. The first-order valence-corrected chi connectivity index (χ1v) is 9.17. The molecule has 1 saturated carbocycles. The van der Waals surface area contributed by atoms with Crippen LogP contribution in [0, 0.1) is 6.92 Å². The molecule has 2 N–H and O–H groups in total. The Bertz CT molecular complexity index is 833. The Labute approximate surface area is 158 Å². The molecule has 1 aliphatic carbocycles. The van der Waals surface area contributed by atoms with E-state index in [0.717, 1.165) is 37.0 Å². The molecule has 0 unspecified atom stereocenters. The smallest absolute Gasteiger partial charge is 0.311 e. The van der Waals surface area contributed by atoms with Crippen molar-refractivity contribution < 1.29 is 23.8 Å². The highest BCUT2D eigenvalue weighted by molar-refractivity contribution is 5.97. The molecule has 1 aliphatic rings. The van der Waals surface area contributed by atoms with Gasteiger partial charge in [0.25, 0.3) is 5.91 Å². The molecule has 0 saturated heterocycles. The fraction of sp³-hybridized carbons (Fsp3) is 0.429. The first kappa shape index (κ1) is 19.0. The van der Waals surface area contributed by atoms with Crippen molar-refractivity contribution in [3.05, 3.63) is 53.0 Å². The van der Waals surface area contributed by atoms with Crippen LogP contribution in [0.1, 0.15) is 52.9 Å². The second-order valence-corrected chi connectivity index (χ2v) is 7.16. The van der Waals surface area contributed by atoms with E-state index in [4.69, 9.17) is 14.3 Å². The lowest BCUT2D eigenvalue weighted by Gasteiger charge is -2.31. The van der Waals surface area contributed by atoms with Crippen LogP contribution in [0.25, 0.3) is 0 Å². The van der Waals surface area contributed by atoms with Crippen LogP contribution >= 0.6 is 0 Å². The van der Waals surface area contributed by atoms with Crippen LogP contribution in [-0.4, -0.2) is 30.6 Å². The number of carbonyl (C=O) groups is 2. The van der Waals surface area contributed by atoms with Crippen molar-refractivity contribution in [2.75, 3.05) is 13.7 Å². The van der Waals surface area contributed by atoms with E-state index in [1.54, 1.807) is 14.0 Å². The lowest BCUT2D eigenvalue weighted by atomic mass is 9.78. The Morgan fingerprint density at radius 1 is 1.26 bits per heavy atom. The van der Waals surface area contributed by atoms with Gasteiger partial charge in [0.1, 0.15) is 17.9 Å². The van der Waals surface area contributed by atoms with Gasteiger partial charge in [0.05, 0.1) is 18.9 Å². The van der Waals surface area contributed by atoms with E-state index >= 15 is 0 Å². The van der Waals surface area contributed by atoms with Gasteiger partial charge in [-0.05, 0) is 25.8 Å². The molecule has 0 spiro atoms. The summed E-state index contributed by atoms with van der Waals surface area (Å²) in [4.78, 5) is 23.8. The molecule has 0 radical (unpaired) electrons. The number of hydrogen-bond acceptors (Lipinski definition) is 4. The van der Waals surface area contributed by atoms with Crippen molar-refractivity contribution in [3.8, 4) is 5.75 Å². The molecule has 27 heavy (non-hydrogen) atoms. The fourth-order valence-corrected chi connectivity index (χ4v) is 4.08. The minimum atomic E-state index is -1.03. The first-order chi connectivity index (χ1) is 13.0. The average molecular weight is 371 g/mol. The summed E-state index contributed by atoms with van der Waals surface area (Å²) in [5.41, 5.74) is 1.90. The molecule has 1 aromatic carbocycles. The Morgan fingerprint density at radius 2 is 1.96 bits per heavy atom. The van der Waals surface area contributed by atoms with Crippen molar-refractivity contribution in [2.45, 2.75) is 44.4 Å². The number of amides is 1. The molecule has 2 aromatic rings. The van der Waals surface area contributed by atoms with Crippen LogP contribution in [0.3, 0.4) is 0 Å². The lowest BCUT2D eigenvalue weighted by molar-refractivity contribution is -0.136. The quantitative estimate of drug-likeness (QED) is 0.778. The molecule has 0 atom stereocenters. The van der Waals surface area contributed by atoms with Crippen LogP contribution in [0.15, 0.2) is 34.9 Å². The molecule has 6 heteroatoms. The van der Waals surface area contributed by atoms with E-state index in [0.29, 0.717) is 17.7 Å². The summed E-state index contributed by atoms with van der Waals surface area (Å²) < 4.78 is 10.8. The fourth-order valence-electron chi connectivity index (χ4n) is 4.08. The maximum Gasteiger partial charge on any atom is 0.311 e. The standard InChI is InChI=1S/C21H25NO5/c1-14-12-27-17(11-18(23)24)19(14)20(25)22-13-21(9-5-6-10-21)15-7-3-4-8-16(15)26-2/h3-4,7-8,12H,5-6,9-11,13H2,1-2H3,(H,22,25)(H,23,24). The molecule has 144 valence electrons. The number of carbonyl (C=O) groups excluding carboxylic acids is 1. The van der Waals surface area contributed by atoms with E-state index < -0.39 is 5.97 Å². The number of para-hydroxylation sites is 1. The number of furan rings is 1. The maximum absolute atomic E-state index is 12.8. The Hall–Kier alpha value is -2.76. The zero-order chi connectivity index (χ0) is 19.4. The minimum absolute atomic E-state index is 0.174. The van der Waals surface area contributed by atoms with Gasteiger partial charge in [-0.3, -0.25) is 9.59 Å². The molecule has 0 bridgehead atoms. The molecule has 3 rings (SSSR count). The first-order valence-electron chi connectivity index (χ1n) is 9.17. The molecule has 0 aliphatic heterocycles. The number of nitrogens with one attached hydrogen (secondary N) is 1. The van der Waals surface area contributed by atoms with E-state index in [9.17, 15) is 9.59 Å². The third-order valence-electron chi connectivity index (χ3n) is 5.42. The predicted octanol–water partition coefficient (Wildman–Crippen LogP) is 3.47. The number of hydrogen-bond donors (Lipinski definition) is 2. The maximum atomic E-state index is 12.8. The summed E-state index contributed by atoms with van der Waals surface area (Å²) in [7, 11) is 1.66. The largest absolute Gasteiger partial charge is 0.496 e. The van der Waals surface area contributed by atoms with Crippen LogP contribution < -0.4 is 10.1 Å².